The van der Waals surface area contributed by atoms with Crippen molar-refractivity contribution in [3.8, 4) is 0 Å². The summed E-state index contributed by atoms with van der Waals surface area (Å²) in [7, 11) is -2.13. The molecule has 0 spiro atoms. The van der Waals surface area contributed by atoms with Gasteiger partial charge in [-0.1, -0.05) is 36.4 Å². The van der Waals surface area contributed by atoms with Crippen molar-refractivity contribution in [3.05, 3.63) is 114 Å². The number of anilines is 1. The van der Waals surface area contributed by atoms with Crippen molar-refractivity contribution in [1.82, 2.24) is 14.9 Å². The Morgan fingerprint density at radius 1 is 1.06 bits per heavy atom. The van der Waals surface area contributed by atoms with Crippen molar-refractivity contribution in [2.24, 2.45) is 7.05 Å². The van der Waals surface area contributed by atoms with E-state index in [9.17, 15) is 17.6 Å². The van der Waals surface area contributed by atoms with Gasteiger partial charge in [0.05, 0.1) is 10.6 Å². The Bertz CT molecular complexity index is 1440. The lowest BCUT2D eigenvalue weighted by molar-refractivity contribution is 0.0941. The van der Waals surface area contributed by atoms with E-state index in [1.807, 2.05) is 6.07 Å². The van der Waals surface area contributed by atoms with Crippen LogP contribution in [0.1, 0.15) is 34.7 Å². The van der Waals surface area contributed by atoms with Gasteiger partial charge in [-0.25, -0.2) is 17.8 Å². The number of nitrogens with one attached hydrogen (secondary N) is 1. The maximum Gasteiger partial charge on any atom is 0.264 e. The lowest BCUT2D eigenvalue weighted by Gasteiger charge is -2.23. The Hall–Kier alpha value is -3.98. The van der Waals surface area contributed by atoms with E-state index in [1.165, 1.54) is 40.7 Å². The van der Waals surface area contributed by atoms with Gasteiger partial charge in [-0.05, 0) is 55.0 Å². The minimum Gasteiger partial charge on any atom is -0.338 e. The van der Waals surface area contributed by atoms with Crippen LogP contribution in [0.15, 0.2) is 96.2 Å². The SMILES string of the molecule is CCN(c1ccccc1)S(=O)(=O)c1cccc(C(=O)NC(c2cccc(F)c2)c2nccn2C)c1. The fraction of sp³-hybridized carbons (Fsp3) is 0.154. The molecule has 35 heavy (non-hydrogen) atoms. The summed E-state index contributed by atoms with van der Waals surface area (Å²) in [5.41, 5.74) is 1.20. The van der Waals surface area contributed by atoms with E-state index < -0.39 is 27.8 Å². The predicted molar refractivity (Wildman–Crippen MR) is 132 cm³/mol. The number of sulfonamides is 1. The molecule has 7 nitrogen and oxygen atoms in total. The van der Waals surface area contributed by atoms with E-state index in [1.54, 1.807) is 67.3 Å². The average Bonchev–Trinajstić information content (AvgIpc) is 3.29. The van der Waals surface area contributed by atoms with E-state index in [0.29, 0.717) is 17.1 Å². The first-order valence-electron chi connectivity index (χ1n) is 11.0. The standard InChI is InChI=1S/C26H25FN4O3S/c1-3-31(22-12-5-4-6-13-22)35(33,34)23-14-8-10-20(18-23)26(32)29-24(25-28-15-16-30(25)2)19-9-7-11-21(27)17-19/h4-18,24H,3H2,1-2H3,(H,29,32). The molecule has 0 radical (unpaired) electrons. The van der Waals surface area contributed by atoms with Crippen LogP contribution in [0.2, 0.25) is 0 Å². The van der Waals surface area contributed by atoms with Gasteiger partial charge >= 0.3 is 0 Å². The van der Waals surface area contributed by atoms with Crippen LogP contribution >= 0.6 is 0 Å². The van der Waals surface area contributed by atoms with Crippen molar-refractivity contribution in [2.75, 3.05) is 10.8 Å². The normalized spacial score (nSPS) is 12.2. The highest BCUT2D eigenvalue weighted by Crippen LogP contribution is 2.25. The minimum absolute atomic E-state index is 0.00449. The first-order chi connectivity index (χ1) is 16.8. The molecule has 0 bridgehead atoms. The van der Waals surface area contributed by atoms with Gasteiger partial charge in [0.2, 0.25) is 0 Å². The Balaban J connectivity index is 1.67. The van der Waals surface area contributed by atoms with Gasteiger partial charge in [-0.3, -0.25) is 9.10 Å². The summed E-state index contributed by atoms with van der Waals surface area (Å²) in [4.78, 5) is 17.6. The monoisotopic (exact) mass is 492 g/mol. The number of imidazole rings is 1. The summed E-state index contributed by atoms with van der Waals surface area (Å²) in [6, 6.07) is 19.8. The summed E-state index contributed by atoms with van der Waals surface area (Å²) >= 11 is 0. The Labute approximate surface area is 203 Å². The maximum atomic E-state index is 14.0. The minimum atomic E-state index is -3.91. The van der Waals surface area contributed by atoms with Crippen LogP contribution in [0, 0.1) is 5.82 Å². The van der Waals surface area contributed by atoms with Crippen LogP contribution in [0.3, 0.4) is 0 Å². The molecule has 1 atom stereocenters. The molecule has 1 N–H and O–H groups in total. The number of benzene rings is 3. The number of para-hydroxylation sites is 1. The van der Waals surface area contributed by atoms with Crippen LogP contribution in [0.25, 0.3) is 0 Å². The summed E-state index contributed by atoms with van der Waals surface area (Å²) in [6.07, 6.45) is 3.31. The average molecular weight is 493 g/mol. The summed E-state index contributed by atoms with van der Waals surface area (Å²) in [5, 5.41) is 2.88. The highest BCUT2D eigenvalue weighted by atomic mass is 32.2. The third-order valence-corrected chi connectivity index (χ3v) is 7.49. The molecule has 4 rings (SSSR count). The first kappa shape index (κ1) is 24.2. The van der Waals surface area contributed by atoms with Crippen molar-refractivity contribution in [2.45, 2.75) is 17.9 Å². The number of rotatable bonds is 8. The van der Waals surface area contributed by atoms with Crippen molar-refractivity contribution in [3.63, 3.8) is 0 Å². The van der Waals surface area contributed by atoms with Gasteiger partial charge in [0.25, 0.3) is 15.9 Å². The topological polar surface area (TPSA) is 84.3 Å². The first-order valence-corrected chi connectivity index (χ1v) is 12.5. The fourth-order valence-electron chi connectivity index (χ4n) is 3.86. The number of carbonyl (C=O) groups excluding carboxylic acids is 1. The van der Waals surface area contributed by atoms with E-state index in [-0.39, 0.29) is 17.0 Å². The lowest BCUT2D eigenvalue weighted by Crippen LogP contribution is -2.32. The van der Waals surface area contributed by atoms with Crippen molar-refractivity contribution in [1.29, 1.82) is 0 Å². The van der Waals surface area contributed by atoms with E-state index in [2.05, 4.69) is 10.3 Å². The molecule has 0 saturated carbocycles. The number of aromatic nitrogens is 2. The third kappa shape index (κ3) is 5.09. The van der Waals surface area contributed by atoms with Crippen LogP contribution < -0.4 is 9.62 Å². The smallest absolute Gasteiger partial charge is 0.264 e. The molecular weight excluding hydrogens is 467 g/mol. The number of hydrogen-bond donors (Lipinski definition) is 1. The fourth-order valence-corrected chi connectivity index (χ4v) is 5.38. The summed E-state index contributed by atoms with van der Waals surface area (Å²) in [6.45, 7) is 1.97. The Kier molecular flexibility index (Phi) is 6.97. The zero-order chi connectivity index (χ0) is 25.0. The molecule has 3 aromatic carbocycles. The maximum absolute atomic E-state index is 14.0. The van der Waals surface area contributed by atoms with Crippen molar-refractivity contribution < 1.29 is 17.6 Å². The van der Waals surface area contributed by atoms with Crippen LogP contribution in [0.5, 0.6) is 0 Å². The van der Waals surface area contributed by atoms with E-state index in [4.69, 9.17) is 0 Å². The second-order valence-electron chi connectivity index (χ2n) is 7.89. The molecule has 1 amide bonds. The third-order valence-electron chi connectivity index (χ3n) is 5.59. The molecule has 0 aliphatic heterocycles. The molecule has 0 aliphatic rings. The molecule has 9 heteroatoms. The van der Waals surface area contributed by atoms with Crippen LogP contribution in [0.4, 0.5) is 10.1 Å². The van der Waals surface area contributed by atoms with Crippen molar-refractivity contribution >= 4 is 21.6 Å². The van der Waals surface area contributed by atoms with Gasteiger partial charge in [-0.2, -0.15) is 0 Å². The highest BCUT2D eigenvalue weighted by Gasteiger charge is 2.26. The van der Waals surface area contributed by atoms with E-state index in [0.717, 1.165) is 0 Å². The number of halogens is 1. The van der Waals surface area contributed by atoms with Gasteiger partial charge in [-0.15, -0.1) is 0 Å². The van der Waals surface area contributed by atoms with Crippen LogP contribution in [-0.2, 0) is 17.1 Å². The molecule has 0 saturated heterocycles. The number of hydrogen-bond acceptors (Lipinski definition) is 4. The Morgan fingerprint density at radius 2 is 1.80 bits per heavy atom. The number of nitrogens with zero attached hydrogens (tertiary/aromatic N) is 3. The largest absolute Gasteiger partial charge is 0.338 e. The second-order valence-corrected chi connectivity index (χ2v) is 9.75. The quantitative estimate of drug-likeness (QED) is 0.398. The second kappa shape index (κ2) is 10.1. The zero-order valence-electron chi connectivity index (χ0n) is 19.3. The molecule has 0 fully saturated rings. The van der Waals surface area contributed by atoms with E-state index >= 15 is 0 Å². The summed E-state index contributed by atoms with van der Waals surface area (Å²) in [5.74, 6) is -0.444. The van der Waals surface area contributed by atoms with Gasteiger partial charge in [0.15, 0.2) is 0 Å². The molecule has 0 aliphatic carbocycles. The number of carbonyl (C=O) groups is 1. The molecule has 4 aromatic rings. The zero-order valence-corrected chi connectivity index (χ0v) is 20.1. The van der Waals surface area contributed by atoms with Gasteiger partial charge < -0.3 is 9.88 Å². The lowest BCUT2D eigenvalue weighted by atomic mass is 10.0. The molecule has 1 unspecified atom stereocenters. The van der Waals surface area contributed by atoms with Crippen LogP contribution in [-0.4, -0.2) is 30.4 Å². The number of aryl methyl sites for hydroxylation is 1. The van der Waals surface area contributed by atoms with Gasteiger partial charge in [0, 0.05) is 31.5 Å². The number of amides is 1. The molecular formula is C26H25FN4O3S. The molecule has 1 heterocycles. The molecule has 180 valence electrons. The molecule has 1 aromatic heterocycles. The van der Waals surface area contributed by atoms with Gasteiger partial charge in [0.1, 0.15) is 17.7 Å². The Morgan fingerprint density at radius 3 is 2.46 bits per heavy atom. The highest BCUT2D eigenvalue weighted by molar-refractivity contribution is 7.92. The summed E-state index contributed by atoms with van der Waals surface area (Å²) < 4.78 is 43.8. The predicted octanol–water partition coefficient (Wildman–Crippen LogP) is 4.29.